The molecule has 1 saturated heterocycles. The summed E-state index contributed by atoms with van der Waals surface area (Å²) < 4.78 is 39.1. The molecular formula is C17H19F3N4O2. The Hall–Kier alpha value is -2.42. The molecule has 1 aliphatic heterocycles. The number of carboxylic acid groups (broad SMARTS) is 1. The Labute approximate surface area is 148 Å². The van der Waals surface area contributed by atoms with Gasteiger partial charge in [-0.2, -0.15) is 18.3 Å². The second kappa shape index (κ2) is 7.45. The summed E-state index contributed by atoms with van der Waals surface area (Å²) in [4.78, 5) is 16.4. The van der Waals surface area contributed by atoms with E-state index >= 15 is 0 Å². The highest BCUT2D eigenvalue weighted by Gasteiger charge is 2.32. The van der Waals surface area contributed by atoms with Crippen molar-refractivity contribution in [3.8, 4) is 0 Å². The topological polar surface area (TPSA) is 71.2 Å². The predicted octanol–water partition coefficient (Wildman–Crippen LogP) is 2.76. The maximum Gasteiger partial charge on any atom is 0.433 e. The van der Waals surface area contributed by atoms with Crippen LogP contribution in [0.15, 0.2) is 30.6 Å². The maximum atomic E-state index is 12.6. The van der Waals surface area contributed by atoms with Gasteiger partial charge in [0.15, 0.2) is 0 Å². The molecule has 0 amide bonds. The molecule has 0 aromatic carbocycles. The van der Waals surface area contributed by atoms with Gasteiger partial charge in [0.25, 0.3) is 0 Å². The molecule has 9 heteroatoms. The van der Waals surface area contributed by atoms with Gasteiger partial charge in [0.2, 0.25) is 0 Å². The Morgan fingerprint density at radius 1 is 1.31 bits per heavy atom. The Morgan fingerprint density at radius 3 is 2.77 bits per heavy atom. The molecule has 0 spiro atoms. The van der Waals surface area contributed by atoms with Gasteiger partial charge in [-0.05, 0) is 37.1 Å². The number of likely N-dealkylation sites (tertiary alicyclic amines) is 1. The van der Waals surface area contributed by atoms with Crippen LogP contribution in [0.2, 0.25) is 0 Å². The highest BCUT2D eigenvalue weighted by Crippen LogP contribution is 2.29. The molecule has 1 N–H and O–H groups in total. The summed E-state index contributed by atoms with van der Waals surface area (Å²) in [6.45, 7) is 1.93. The quantitative estimate of drug-likeness (QED) is 0.879. The van der Waals surface area contributed by atoms with Crippen LogP contribution in [-0.4, -0.2) is 43.8 Å². The lowest BCUT2D eigenvalue weighted by Gasteiger charge is -2.31. The number of carbonyl (C=O) groups is 1. The van der Waals surface area contributed by atoms with Crippen molar-refractivity contribution in [3.05, 3.63) is 47.5 Å². The molecule has 26 heavy (non-hydrogen) atoms. The third-order valence-corrected chi connectivity index (χ3v) is 4.40. The van der Waals surface area contributed by atoms with Crippen LogP contribution in [0.5, 0.6) is 0 Å². The van der Waals surface area contributed by atoms with Gasteiger partial charge in [-0.15, -0.1) is 0 Å². The van der Waals surface area contributed by atoms with Crippen molar-refractivity contribution in [3.63, 3.8) is 0 Å². The average molecular weight is 368 g/mol. The molecule has 0 unspecified atom stereocenters. The second-order valence-corrected chi connectivity index (χ2v) is 6.46. The lowest BCUT2D eigenvalue weighted by Crippen LogP contribution is -2.34. The Balaban J connectivity index is 1.61. The number of carboxylic acids is 1. The summed E-state index contributed by atoms with van der Waals surface area (Å²) in [6, 6.07) is 4.29. The number of hydrogen-bond donors (Lipinski definition) is 1. The van der Waals surface area contributed by atoms with E-state index in [2.05, 4.69) is 15.0 Å². The van der Waals surface area contributed by atoms with Gasteiger partial charge in [0.05, 0.1) is 5.69 Å². The summed E-state index contributed by atoms with van der Waals surface area (Å²) in [5, 5.41) is 13.1. The van der Waals surface area contributed by atoms with E-state index in [0.717, 1.165) is 43.3 Å². The minimum absolute atomic E-state index is 0.173. The molecular weight excluding hydrogens is 349 g/mol. The van der Waals surface area contributed by atoms with Crippen LogP contribution in [0, 0.1) is 0 Å². The first-order chi connectivity index (χ1) is 12.3. The maximum absolute atomic E-state index is 12.6. The zero-order valence-corrected chi connectivity index (χ0v) is 14.0. The van der Waals surface area contributed by atoms with Gasteiger partial charge in [-0.1, -0.05) is 6.07 Å². The molecule has 3 heterocycles. The molecule has 0 bridgehead atoms. The van der Waals surface area contributed by atoms with Crippen molar-refractivity contribution in [2.24, 2.45) is 0 Å². The highest BCUT2D eigenvalue weighted by atomic mass is 19.4. The summed E-state index contributed by atoms with van der Waals surface area (Å²) in [5.41, 5.74) is 0.693. The molecule has 1 atom stereocenters. The number of alkyl halides is 3. The number of halogens is 3. The SMILES string of the molecule is O=C(O)Cn1ccc([C@H]2CCCN(Cc3ccc(C(F)(F)F)nc3)C2)n1. The fourth-order valence-corrected chi connectivity index (χ4v) is 3.21. The van der Waals surface area contributed by atoms with Crippen LogP contribution in [0.3, 0.4) is 0 Å². The molecule has 2 aromatic rings. The summed E-state index contributed by atoms with van der Waals surface area (Å²) in [6.07, 6.45) is 0.399. The first-order valence-electron chi connectivity index (χ1n) is 8.31. The molecule has 2 aromatic heterocycles. The number of pyridine rings is 1. The van der Waals surface area contributed by atoms with E-state index in [-0.39, 0.29) is 12.5 Å². The van der Waals surface area contributed by atoms with Gasteiger partial charge in [0, 0.05) is 31.4 Å². The zero-order chi connectivity index (χ0) is 18.7. The Bertz CT molecular complexity index is 758. The molecule has 1 fully saturated rings. The van der Waals surface area contributed by atoms with Gasteiger partial charge in [-0.25, -0.2) is 0 Å². The molecule has 1 aliphatic rings. The normalized spacial score (nSPS) is 18.8. The van der Waals surface area contributed by atoms with Crippen LogP contribution in [0.4, 0.5) is 13.2 Å². The van der Waals surface area contributed by atoms with E-state index < -0.39 is 17.8 Å². The first kappa shape index (κ1) is 18.4. The van der Waals surface area contributed by atoms with Crippen LogP contribution in [-0.2, 0) is 24.1 Å². The lowest BCUT2D eigenvalue weighted by molar-refractivity contribution is -0.141. The second-order valence-electron chi connectivity index (χ2n) is 6.46. The number of aliphatic carboxylic acids is 1. The van der Waals surface area contributed by atoms with E-state index in [1.165, 1.54) is 16.9 Å². The minimum atomic E-state index is -4.43. The Morgan fingerprint density at radius 2 is 2.12 bits per heavy atom. The average Bonchev–Trinajstić information content (AvgIpc) is 3.02. The molecule has 140 valence electrons. The van der Waals surface area contributed by atoms with E-state index in [0.29, 0.717) is 6.54 Å². The monoisotopic (exact) mass is 368 g/mol. The number of nitrogens with zero attached hydrogens (tertiary/aromatic N) is 4. The number of piperidine rings is 1. The van der Waals surface area contributed by atoms with Crippen molar-refractivity contribution < 1.29 is 23.1 Å². The summed E-state index contributed by atoms with van der Waals surface area (Å²) in [5.74, 6) is -0.763. The van der Waals surface area contributed by atoms with Crippen molar-refractivity contribution in [2.75, 3.05) is 13.1 Å². The van der Waals surface area contributed by atoms with Gasteiger partial charge < -0.3 is 5.11 Å². The van der Waals surface area contributed by atoms with Gasteiger partial charge in [-0.3, -0.25) is 19.4 Å². The number of rotatable bonds is 5. The highest BCUT2D eigenvalue weighted by molar-refractivity contribution is 5.66. The van der Waals surface area contributed by atoms with E-state index in [4.69, 9.17) is 5.11 Å². The number of hydrogen-bond acceptors (Lipinski definition) is 4. The van der Waals surface area contributed by atoms with Gasteiger partial charge in [0.1, 0.15) is 12.2 Å². The first-order valence-corrected chi connectivity index (χ1v) is 8.31. The Kier molecular flexibility index (Phi) is 5.26. The summed E-state index contributed by atoms with van der Waals surface area (Å²) >= 11 is 0. The van der Waals surface area contributed by atoms with Crippen LogP contribution >= 0.6 is 0 Å². The molecule has 3 rings (SSSR count). The van der Waals surface area contributed by atoms with Crippen molar-refractivity contribution in [1.29, 1.82) is 0 Å². The van der Waals surface area contributed by atoms with E-state index in [1.54, 1.807) is 6.20 Å². The fourth-order valence-electron chi connectivity index (χ4n) is 3.21. The third kappa shape index (κ3) is 4.60. The van der Waals surface area contributed by atoms with Crippen molar-refractivity contribution in [2.45, 2.75) is 38.0 Å². The smallest absolute Gasteiger partial charge is 0.433 e. The molecule has 0 aliphatic carbocycles. The van der Waals surface area contributed by atoms with Crippen LogP contribution in [0.25, 0.3) is 0 Å². The lowest BCUT2D eigenvalue weighted by atomic mass is 9.94. The fraction of sp³-hybridized carbons (Fsp3) is 0.471. The standard InChI is InChI=1S/C17H19F3N4O2/c18-17(19,20)15-4-3-12(8-21-15)9-23-6-1-2-13(10-23)14-5-7-24(22-14)11-16(25)26/h3-5,7-8,13H,1-2,6,9-11H2,(H,25,26)/t13-/m0/s1. The zero-order valence-electron chi connectivity index (χ0n) is 14.0. The van der Waals surface area contributed by atoms with Crippen LogP contribution in [0.1, 0.15) is 35.7 Å². The van der Waals surface area contributed by atoms with Gasteiger partial charge >= 0.3 is 12.1 Å². The molecule has 6 nitrogen and oxygen atoms in total. The molecule has 0 radical (unpaired) electrons. The summed E-state index contributed by atoms with van der Waals surface area (Å²) in [7, 11) is 0. The number of aromatic nitrogens is 3. The van der Waals surface area contributed by atoms with E-state index in [1.807, 2.05) is 6.07 Å². The predicted molar refractivity (Wildman–Crippen MR) is 86.4 cm³/mol. The van der Waals surface area contributed by atoms with Crippen molar-refractivity contribution >= 4 is 5.97 Å². The van der Waals surface area contributed by atoms with E-state index in [9.17, 15) is 18.0 Å². The minimum Gasteiger partial charge on any atom is -0.480 e. The third-order valence-electron chi connectivity index (χ3n) is 4.40. The van der Waals surface area contributed by atoms with Crippen molar-refractivity contribution in [1.82, 2.24) is 19.7 Å². The largest absolute Gasteiger partial charge is 0.480 e. The van der Waals surface area contributed by atoms with Crippen LogP contribution < -0.4 is 0 Å². The molecule has 0 saturated carbocycles.